The lowest BCUT2D eigenvalue weighted by atomic mass is 10.1. The third kappa shape index (κ3) is 2.39. The van der Waals surface area contributed by atoms with E-state index in [2.05, 4.69) is 15.0 Å². The predicted molar refractivity (Wildman–Crippen MR) is 59.4 cm³/mol. The highest BCUT2D eigenvalue weighted by atomic mass is 19.4. The second kappa shape index (κ2) is 4.25. The van der Waals surface area contributed by atoms with Crippen molar-refractivity contribution < 1.29 is 13.2 Å². The van der Waals surface area contributed by atoms with Gasteiger partial charge in [-0.25, -0.2) is 9.97 Å². The molecule has 0 unspecified atom stereocenters. The molecule has 0 saturated carbocycles. The molecule has 0 aromatic carbocycles. The summed E-state index contributed by atoms with van der Waals surface area (Å²) in [5.41, 5.74) is 5.13. The maximum atomic E-state index is 12.8. The topological polar surface area (TPSA) is 64.7 Å². The van der Waals surface area contributed by atoms with Crippen LogP contribution in [0.4, 0.5) is 19.1 Å². The van der Waals surface area contributed by atoms with E-state index in [9.17, 15) is 13.2 Å². The lowest BCUT2D eigenvalue weighted by molar-refractivity contribution is -0.137. The Labute approximate surface area is 101 Å². The minimum Gasteiger partial charge on any atom is -0.368 e. The molecule has 0 aliphatic rings. The molecule has 4 nitrogen and oxygen atoms in total. The Morgan fingerprint density at radius 3 is 2.56 bits per heavy atom. The van der Waals surface area contributed by atoms with Gasteiger partial charge in [-0.15, -0.1) is 0 Å². The molecule has 0 radical (unpaired) electrons. The van der Waals surface area contributed by atoms with E-state index in [0.717, 1.165) is 18.5 Å². The van der Waals surface area contributed by atoms with Crippen molar-refractivity contribution in [2.24, 2.45) is 0 Å². The average molecular weight is 254 g/mol. The zero-order chi connectivity index (χ0) is 13.3. The first-order valence-corrected chi connectivity index (χ1v) is 5.00. The highest BCUT2D eigenvalue weighted by molar-refractivity contribution is 5.64. The van der Waals surface area contributed by atoms with Crippen LogP contribution in [0.2, 0.25) is 0 Å². The summed E-state index contributed by atoms with van der Waals surface area (Å²) < 4.78 is 38.5. The van der Waals surface area contributed by atoms with Gasteiger partial charge in [0, 0.05) is 23.7 Å². The van der Waals surface area contributed by atoms with Crippen LogP contribution in [-0.2, 0) is 6.18 Å². The first-order valence-electron chi connectivity index (χ1n) is 5.00. The average Bonchev–Trinajstić information content (AvgIpc) is 2.26. The quantitative estimate of drug-likeness (QED) is 0.848. The van der Waals surface area contributed by atoms with Crippen LogP contribution in [0.15, 0.2) is 24.5 Å². The fourth-order valence-electron chi connectivity index (χ4n) is 1.58. The van der Waals surface area contributed by atoms with Gasteiger partial charge in [0.05, 0.1) is 11.3 Å². The lowest BCUT2D eigenvalue weighted by Crippen LogP contribution is -2.08. The minimum absolute atomic E-state index is 0.0676. The molecular formula is C11H9F3N4. The summed E-state index contributed by atoms with van der Waals surface area (Å²) in [6.45, 7) is 1.63. The second-order valence-corrected chi connectivity index (χ2v) is 3.67. The number of anilines is 1. The molecule has 2 aromatic heterocycles. The molecule has 0 spiro atoms. The highest BCUT2D eigenvalue weighted by Crippen LogP contribution is 2.35. The van der Waals surface area contributed by atoms with Crippen LogP contribution in [-0.4, -0.2) is 15.0 Å². The molecule has 94 valence electrons. The third-order valence-electron chi connectivity index (χ3n) is 2.27. The van der Waals surface area contributed by atoms with E-state index in [0.29, 0.717) is 5.69 Å². The zero-order valence-electron chi connectivity index (χ0n) is 9.36. The van der Waals surface area contributed by atoms with Crippen LogP contribution in [0.3, 0.4) is 0 Å². The number of alkyl halides is 3. The molecule has 18 heavy (non-hydrogen) atoms. The van der Waals surface area contributed by atoms with E-state index in [1.807, 2.05) is 0 Å². The fourth-order valence-corrected chi connectivity index (χ4v) is 1.58. The summed E-state index contributed by atoms with van der Waals surface area (Å²) in [6, 6.07) is 2.34. The Hall–Kier alpha value is -2.18. The molecule has 2 rings (SSSR count). The molecular weight excluding hydrogens is 245 g/mol. The molecule has 2 aromatic rings. The fraction of sp³-hybridized carbons (Fsp3) is 0.182. The van der Waals surface area contributed by atoms with Gasteiger partial charge < -0.3 is 5.73 Å². The van der Waals surface area contributed by atoms with Gasteiger partial charge in [-0.1, -0.05) is 0 Å². The number of rotatable bonds is 1. The van der Waals surface area contributed by atoms with Gasteiger partial charge in [-0.3, -0.25) is 4.98 Å². The van der Waals surface area contributed by atoms with Gasteiger partial charge >= 0.3 is 6.18 Å². The second-order valence-electron chi connectivity index (χ2n) is 3.67. The molecule has 2 N–H and O–H groups in total. The number of nitrogen functional groups attached to an aromatic ring is 1. The lowest BCUT2D eigenvalue weighted by Gasteiger charge is -2.12. The van der Waals surface area contributed by atoms with Gasteiger partial charge in [0.15, 0.2) is 0 Å². The van der Waals surface area contributed by atoms with E-state index in [-0.39, 0.29) is 17.2 Å². The monoisotopic (exact) mass is 254 g/mol. The molecule has 0 aliphatic carbocycles. The first kappa shape index (κ1) is 12.3. The van der Waals surface area contributed by atoms with E-state index in [1.165, 1.54) is 6.07 Å². The van der Waals surface area contributed by atoms with Crippen LogP contribution >= 0.6 is 0 Å². The summed E-state index contributed by atoms with van der Waals surface area (Å²) in [6.07, 6.45) is -2.26. The van der Waals surface area contributed by atoms with E-state index >= 15 is 0 Å². The highest BCUT2D eigenvalue weighted by Gasteiger charge is 2.34. The molecule has 0 atom stereocenters. The molecule has 2 heterocycles. The van der Waals surface area contributed by atoms with Crippen molar-refractivity contribution in [3.8, 4) is 11.3 Å². The standard InChI is InChI=1S/C11H9F3N4/c1-6-4-9(18-10(15)17-6)7-5-16-3-2-8(7)11(12,13)14/h2-5H,1H3,(H2,15,17,18). The summed E-state index contributed by atoms with van der Waals surface area (Å²) in [4.78, 5) is 11.3. The normalized spacial score (nSPS) is 11.6. The molecule has 0 aliphatic heterocycles. The molecule has 0 fully saturated rings. The predicted octanol–water partition coefficient (Wildman–Crippen LogP) is 2.45. The number of aromatic nitrogens is 3. The number of pyridine rings is 1. The van der Waals surface area contributed by atoms with Gasteiger partial charge in [-0.2, -0.15) is 13.2 Å². The van der Waals surface area contributed by atoms with Crippen LogP contribution in [0, 0.1) is 6.92 Å². The first-order chi connectivity index (χ1) is 8.38. The van der Waals surface area contributed by atoms with Gasteiger partial charge in [0.1, 0.15) is 0 Å². The van der Waals surface area contributed by atoms with Crippen molar-refractivity contribution >= 4 is 5.95 Å². The van der Waals surface area contributed by atoms with Crippen LogP contribution in [0.1, 0.15) is 11.3 Å². The Balaban J connectivity index is 2.64. The summed E-state index contributed by atoms with van der Waals surface area (Å²) >= 11 is 0. The SMILES string of the molecule is Cc1cc(-c2cnccc2C(F)(F)F)nc(N)n1. The van der Waals surface area contributed by atoms with Crippen molar-refractivity contribution in [1.82, 2.24) is 15.0 Å². The van der Waals surface area contributed by atoms with Crippen LogP contribution < -0.4 is 5.73 Å². The molecule has 0 saturated heterocycles. The molecule has 0 amide bonds. The van der Waals surface area contributed by atoms with Crippen molar-refractivity contribution in [3.05, 3.63) is 35.8 Å². The summed E-state index contributed by atoms with van der Waals surface area (Å²) in [5.74, 6) is -0.0676. The van der Waals surface area contributed by atoms with Gasteiger partial charge in [0.25, 0.3) is 0 Å². The number of hydrogen-bond acceptors (Lipinski definition) is 4. The third-order valence-corrected chi connectivity index (χ3v) is 2.27. The maximum Gasteiger partial charge on any atom is 0.417 e. The Bertz CT molecular complexity index is 560. The minimum atomic E-state index is -4.47. The number of hydrogen-bond donors (Lipinski definition) is 1. The Kier molecular flexibility index (Phi) is 2.90. The zero-order valence-corrected chi connectivity index (χ0v) is 9.36. The molecule has 7 heteroatoms. The number of nitrogens with zero attached hydrogens (tertiary/aromatic N) is 3. The van der Waals surface area contributed by atoms with E-state index < -0.39 is 11.7 Å². The van der Waals surface area contributed by atoms with Crippen molar-refractivity contribution in [2.75, 3.05) is 5.73 Å². The van der Waals surface area contributed by atoms with Crippen molar-refractivity contribution in [3.63, 3.8) is 0 Å². The Morgan fingerprint density at radius 1 is 1.22 bits per heavy atom. The van der Waals surface area contributed by atoms with E-state index in [4.69, 9.17) is 5.73 Å². The van der Waals surface area contributed by atoms with Crippen LogP contribution in [0.5, 0.6) is 0 Å². The number of halogens is 3. The van der Waals surface area contributed by atoms with E-state index in [1.54, 1.807) is 6.92 Å². The van der Waals surface area contributed by atoms with Crippen molar-refractivity contribution in [1.29, 1.82) is 0 Å². The van der Waals surface area contributed by atoms with Crippen LogP contribution in [0.25, 0.3) is 11.3 Å². The van der Waals surface area contributed by atoms with Crippen molar-refractivity contribution in [2.45, 2.75) is 13.1 Å². The maximum absolute atomic E-state index is 12.8. The van der Waals surface area contributed by atoms with Gasteiger partial charge in [-0.05, 0) is 19.1 Å². The van der Waals surface area contributed by atoms with Gasteiger partial charge in [0.2, 0.25) is 5.95 Å². The smallest absolute Gasteiger partial charge is 0.368 e. The Morgan fingerprint density at radius 2 is 1.94 bits per heavy atom. The number of aryl methyl sites for hydroxylation is 1. The summed E-state index contributed by atoms with van der Waals surface area (Å²) in [7, 11) is 0. The largest absolute Gasteiger partial charge is 0.417 e. The molecule has 0 bridgehead atoms. The summed E-state index contributed by atoms with van der Waals surface area (Å²) in [5, 5.41) is 0. The number of nitrogens with two attached hydrogens (primary N) is 1.